The first kappa shape index (κ1) is 26.9. The lowest BCUT2D eigenvalue weighted by Gasteiger charge is -2.57. The van der Waals surface area contributed by atoms with E-state index < -0.39 is 8.24 Å². The molecule has 1 nitrogen and oxygen atoms in total. The Kier molecular flexibility index (Phi) is 6.11. The molecular formula is C33H53NSi. The van der Waals surface area contributed by atoms with Gasteiger partial charge in [-0.25, -0.2) is 0 Å². The van der Waals surface area contributed by atoms with Crippen LogP contribution in [0, 0.1) is 17.8 Å². The molecule has 0 bridgehead atoms. The van der Waals surface area contributed by atoms with Crippen LogP contribution in [0.1, 0.15) is 106 Å². The molecule has 4 rings (SSSR count). The fourth-order valence-corrected chi connectivity index (χ4v) is 15.7. The maximum Gasteiger partial charge on any atom is 0.127 e. The highest BCUT2D eigenvalue weighted by atomic mass is 28.3. The monoisotopic (exact) mass is 491 g/mol. The summed E-state index contributed by atoms with van der Waals surface area (Å²) >= 11 is 0. The summed E-state index contributed by atoms with van der Waals surface area (Å²) in [6.45, 7) is 34.5. The van der Waals surface area contributed by atoms with E-state index in [-0.39, 0.29) is 21.9 Å². The topological polar surface area (TPSA) is 3.24 Å². The molecular weight excluding hydrogens is 438 g/mol. The SMILES string of the molecule is CC1CC2C=C3C(=CC2C1[Si](C)(C)N(C(C)(C)C)C(C)(C)C)C(C)(C)c1cc(C(C)(C)C)ccc13. The van der Waals surface area contributed by atoms with Crippen molar-refractivity contribution in [3.8, 4) is 0 Å². The fourth-order valence-electron chi connectivity index (χ4n) is 9.11. The molecule has 0 amide bonds. The third kappa shape index (κ3) is 4.25. The van der Waals surface area contributed by atoms with Crippen molar-refractivity contribution in [3.63, 3.8) is 0 Å². The maximum absolute atomic E-state index is 2.96. The van der Waals surface area contributed by atoms with Gasteiger partial charge < -0.3 is 4.57 Å². The summed E-state index contributed by atoms with van der Waals surface area (Å²) in [4.78, 5) is 0. The number of rotatable bonds is 2. The van der Waals surface area contributed by atoms with Crippen LogP contribution >= 0.6 is 0 Å². The number of hydrogen-bond donors (Lipinski definition) is 0. The molecule has 0 N–H and O–H groups in total. The van der Waals surface area contributed by atoms with Gasteiger partial charge in [0, 0.05) is 16.5 Å². The molecule has 35 heavy (non-hydrogen) atoms. The van der Waals surface area contributed by atoms with Gasteiger partial charge in [-0.2, -0.15) is 0 Å². The zero-order valence-corrected chi connectivity index (χ0v) is 26.4. The lowest BCUT2D eigenvalue weighted by molar-refractivity contribution is 0.121. The van der Waals surface area contributed by atoms with E-state index in [0.29, 0.717) is 11.8 Å². The predicted molar refractivity (Wildman–Crippen MR) is 158 cm³/mol. The Morgan fingerprint density at radius 1 is 0.886 bits per heavy atom. The quantitative estimate of drug-likeness (QED) is 0.372. The molecule has 0 heterocycles. The third-order valence-corrected chi connectivity index (χ3v) is 14.5. The Balaban J connectivity index is 1.81. The smallest absolute Gasteiger partial charge is 0.127 e. The summed E-state index contributed by atoms with van der Waals surface area (Å²) in [5.41, 5.74) is 8.98. The largest absolute Gasteiger partial charge is 0.314 e. The normalized spacial score (nSPS) is 28.4. The standard InChI is InChI=1S/C33H53NSi/c1-21-17-22-18-26-24-16-15-23(30(2,3)4)19-27(24)33(11,12)28(26)20-25(22)29(21)35(13,14)34(31(5,6)7)32(8,9)10/h15-16,18-22,25,29H,17H2,1-14H3. The molecule has 0 spiro atoms. The molecule has 0 saturated heterocycles. The Hall–Kier alpha value is -1.12. The second-order valence-corrected chi connectivity index (χ2v) is 20.5. The van der Waals surface area contributed by atoms with Crippen LogP contribution in [0.3, 0.4) is 0 Å². The lowest BCUT2D eigenvalue weighted by Crippen LogP contribution is -2.67. The molecule has 0 radical (unpaired) electrons. The van der Waals surface area contributed by atoms with Crippen LogP contribution in [-0.2, 0) is 10.8 Å². The molecule has 194 valence electrons. The average molecular weight is 492 g/mol. The van der Waals surface area contributed by atoms with Crippen molar-refractivity contribution in [2.24, 2.45) is 17.8 Å². The highest BCUT2D eigenvalue weighted by Crippen LogP contribution is 2.61. The first-order valence-corrected chi connectivity index (χ1v) is 17.1. The summed E-state index contributed by atoms with van der Waals surface area (Å²) in [5, 5.41) is 0. The van der Waals surface area contributed by atoms with Crippen molar-refractivity contribution in [2.45, 2.75) is 130 Å². The zero-order chi connectivity index (χ0) is 26.5. The van der Waals surface area contributed by atoms with Crippen molar-refractivity contribution >= 4 is 13.8 Å². The highest BCUT2D eigenvalue weighted by molar-refractivity contribution is 6.76. The van der Waals surface area contributed by atoms with Crippen molar-refractivity contribution in [3.05, 3.63) is 52.6 Å². The fraction of sp³-hybridized carbons (Fsp3) is 0.697. The van der Waals surface area contributed by atoms with Crippen LogP contribution in [0.25, 0.3) is 5.57 Å². The molecule has 1 aromatic carbocycles. The molecule has 2 heteroatoms. The van der Waals surface area contributed by atoms with Gasteiger partial charge in [0.2, 0.25) is 0 Å². The summed E-state index contributed by atoms with van der Waals surface area (Å²) in [7, 11) is -1.79. The van der Waals surface area contributed by atoms with Gasteiger partial charge in [-0.05, 0) is 105 Å². The average Bonchev–Trinajstić information content (AvgIpc) is 3.08. The van der Waals surface area contributed by atoms with E-state index in [1.54, 1.807) is 11.1 Å². The van der Waals surface area contributed by atoms with Crippen LogP contribution in [0.15, 0.2) is 35.9 Å². The Labute approximate surface area is 218 Å². The van der Waals surface area contributed by atoms with E-state index in [1.807, 2.05) is 0 Å². The minimum absolute atomic E-state index is 0.0726. The van der Waals surface area contributed by atoms with Crippen molar-refractivity contribution in [1.29, 1.82) is 0 Å². The highest BCUT2D eigenvalue weighted by Gasteiger charge is 2.56. The van der Waals surface area contributed by atoms with E-state index >= 15 is 0 Å². The van der Waals surface area contributed by atoms with Gasteiger partial charge in [0.1, 0.15) is 8.24 Å². The maximum atomic E-state index is 2.96. The Morgan fingerprint density at radius 3 is 1.97 bits per heavy atom. The van der Waals surface area contributed by atoms with E-state index in [9.17, 15) is 0 Å². The molecule has 0 aromatic heterocycles. The van der Waals surface area contributed by atoms with Gasteiger partial charge in [0.05, 0.1) is 0 Å². The van der Waals surface area contributed by atoms with Gasteiger partial charge in [0.25, 0.3) is 0 Å². The number of fused-ring (bicyclic) bond motifs is 4. The third-order valence-electron chi connectivity index (χ3n) is 9.45. The second-order valence-electron chi connectivity index (χ2n) is 16.1. The first-order chi connectivity index (χ1) is 15.7. The minimum Gasteiger partial charge on any atom is -0.314 e. The van der Waals surface area contributed by atoms with Gasteiger partial charge >= 0.3 is 0 Å². The lowest BCUT2D eigenvalue weighted by atomic mass is 9.75. The Morgan fingerprint density at radius 2 is 1.46 bits per heavy atom. The van der Waals surface area contributed by atoms with E-state index in [0.717, 1.165) is 11.5 Å². The van der Waals surface area contributed by atoms with E-state index in [1.165, 1.54) is 23.1 Å². The van der Waals surface area contributed by atoms with E-state index in [2.05, 4.69) is 131 Å². The van der Waals surface area contributed by atoms with Crippen molar-refractivity contribution in [1.82, 2.24) is 4.57 Å². The Bertz CT molecular complexity index is 1050. The van der Waals surface area contributed by atoms with Gasteiger partial charge in [-0.1, -0.05) is 85.0 Å². The van der Waals surface area contributed by atoms with Crippen LogP contribution in [0.4, 0.5) is 0 Å². The van der Waals surface area contributed by atoms with Crippen LogP contribution in [-0.4, -0.2) is 23.9 Å². The molecule has 0 aliphatic heterocycles. The summed E-state index contributed by atoms with van der Waals surface area (Å²) in [6.07, 6.45) is 6.82. The van der Waals surface area contributed by atoms with E-state index in [4.69, 9.17) is 0 Å². The van der Waals surface area contributed by atoms with Crippen molar-refractivity contribution < 1.29 is 0 Å². The number of nitrogens with zero attached hydrogens (tertiary/aromatic N) is 1. The van der Waals surface area contributed by atoms with Crippen LogP contribution in [0.2, 0.25) is 18.6 Å². The molecule has 1 saturated carbocycles. The number of allylic oxidation sites excluding steroid dienone is 4. The molecule has 4 atom stereocenters. The summed E-state index contributed by atoms with van der Waals surface area (Å²) in [6, 6.07) is 7.33. The van der Waals surface area contributed by atoms with Gasteiger partial charge in [-0.15, -0.1) is 0 Å². The van der Waals surface area contributed by atoms with Crippen LogP contribution in [0.5, 0.6) is 0 Å². The summed E-state index contributed by atoms with van der Waals surface area (Å²) < 4.78 is 2.96. The first-order valence-electron chi connectivity index (χ1n) is 14.1. The number of hydrogen-bond acceptors (Lipinski definition) is 1. The van der Waals surface area contributed by atoms with Crippen molar-refractivity contribution in [2.75, 3.05) is 0 Å². The van der Waals surface area contributed by atoms with Gasteiger partial charge in [-0.3, -0.25) is 0 Å². The molecule has 1 fully saturated rings. The second kappa shape index (κ2) is 7.94. The predicted octanol–water partition coefficient (Wildman–Crippen LogP) is 9.35. The molecule has 3 aliphatic carbocycles. The van der Waals surface area contributed by atoms with Gasteiger partial charge in [0.15, 0.2) is 0 Å². The minimum atomic E-state index is -1.79. The summed E-state index contributed by atoms with van der Waals surface area (Å²) in [5.74, 6) is 2.09. The molecule has 3 aliphatic rings. The van der Waals surface area contributed by atoms with Crippen LogP contribution < -0.4 is 0 Å². The molecule has 1 aromatic rings. The number of benzene rings is 1. The molecule has 4 unspecified atom stereocenters. The zero-order valence-electron chi connectivity index (χ0n) is 25.4.